The van der Waals surface area contributed by atoms with E-state index in [-0.39, 0.29) is 0 Å². The zero-order valence-electron chi connectivity index (χ0n) is 12.2. The van der Waals surface area contributed by atoms with Gasteiger partial charge in [-0.3, -0.25) is 4.90 Å². The maximum absolute atomic E-state index is 10.7. The van der Waals surface area contributed by atoms with Crippen molar-refractivity contribution in [1.29, 1.82) is 0 Å². The monoisotopic (exact) mass is 294 g/mol. The molecule has 0 unspecified atom stereocenters. The Kier molecular flexibility index (Phi) is 3.17. The fraction of sp³-hybridized carbons (Fsp3) is 0.294. The third-order valence-electron chi connectivity index (χ3n) is 4.49. The minimum Gasteiger partial charge on any atom is -0.382 e. The van der Waals surface area contributed by atoms with Crippen molar-refractivity contribution in [2.75, 3.05) is 13.1 Å². The zero-order chi connectivity index (χ0) is 15.0. The lowest BCUT2D eigenvalue weighted by molar-refractivity contribution is 0.0409. The van der Waals surface area contributed by atoms with E-state index >= 15 is 0 Å². The highest BCUT2D eigenvalue weighted by Crippen LogP contribution is 2.31. The number of hydrogen-bond acceptors (Lipinski definition) is 4. The van der Waals surface area contributed by atoms with Gasteiger partial charge >= 0.3 is 0 Å². The van der Waals surface area contributed by atoms with Crippen molar-refractivity contribution in [1.82, 2.24) is 20.3 Å². The second-order valence-corrected chi connectivity index (χ2v) is 5.99. The molecule has 1 aromatic heterocycles. The van der Waals surface area contributed by atoms with Crippen LogP contribution in [0.4, 0.5) is 0 Å². The summed E-state index contributed by atoms with van der Waals surface area (Å²) >= 11 is 0. The van der Waals surface area contributed by atoms with E-state index in [0.29, 0.717) is 18.7 Å². The molecule has 1 aliphatic heterocycles. The number of β-amino-alcohol motifs (C(OH)–C–C–N with tert-alkyl or cyclic N) is 1. The maximum atomic E-state index is 10.7. The van der Waals surface area contributed by atoms with E-state index in [1.807, 2.05) is 0 Å². The summed E-state index contributed by atoms with van der Waals surface area (Å²) in [6, 6.07) is 14.8. The number of nitrogens with zero attached hydrogens (tertiary/aromatic N) is 3. The van der Waals surface area contributed by atoms with Crippen molar-refractivity contribution in [2.24, 2.45) is 0 Å². The van der Waals surface area contributed by atoms with Gasteiger partial charge in [0.25, 0.3) is 0 Å². The second kappa shape index (κ2) is 5.19. The van der Waals surface area contributed by atoms with Crippen LogP contribution in [0.25, 0.3) is 10.8 Å². The Morgan fingerprint density at radius 2 is 2.05 bits per heavy atom. The maximum Gasteiger partial charge on any atom is 0.124 e. The fourth-order valence-corrected chi connectivity index (χ4v) is 3.31. The van der Waals surface area contributed by atoms with Crippen LogP contribution < -0.4 is 0 Å². The van der Waals surface area contributed by atoms with Gasteiger partial charge in [0.2, 0.25) is 0 Å². The van der Waals surface area contributed by atoms with Crippen LogP contribution in [0.1, 0.15) is 17.7 Å². The molecular formula is C17H18N4O. The molecule has 5 nitrogen and oxygen atoms in total. The number of fused-ring (bicyclic) bond motifs is 1. The number of nitrogens with one attached hydrogen (secondary N) is 1. The van der Waals surface area contributed by atoms with Crippen molar-refractivity contribution >= 4 is 10.8 Å². The van der Waals surface area contributed by atoms with Gasteiger partial charge in [-0.1, -0.05) is 42.5 Å². The van der Waals surface area contributed by atoms with E-state index in [1.165, 1.54) is 16.3 Å². The molecule has 1 fully saturated rings. The van der Waals surface area contributed by atoms with Gasteiger partial charge in [-0.05, 0) is 22.8 Å². The van der Waals surface area contributed by atoms with Crippen molar-refractivity contribution in [2.45, 2.75) is 18.6 Å². The van der Waals surface area contributed by atoms with E-state index in [0.717, 1.165) is 13.1 Å². The first-order valence-corrected chi connectivity index (χ1v) is 7.52. The molecule has 2 N–H and O–H groups in total. The molecule has 3 aromatic rings. The fourth-order valence-electron chi connectivity index (χ4n) is 3.31. The lowest BCUT2D eigenvalue weighted by Crippen LogP contribution is -2.31. The first-order valence-electron chi connectivity index (χ1n) is 7.52. The van der Waals surface area contributed by atoms with Crippen LogP contribution in [0.15, 0.2) is 48.7 Å². The minimum absolute atomic E-state index is 0.586. The molecule has 0 bridgehead atoms. The molecule has 1 saturated heterocycles. The Morgan fingerprint density at radius 1 is 1.18 bits per heavy atom. The van der Waals surface area contributed by atoms with Gasteiger partial charge in [-0.15, -0.1) is 0 Å². The largest absolute Gasteiger partial charge is 0.382 e. The Balaban J connectivity index is 1.57. The van der Waals surface area contributed by atoms with Gasteiger partial charge in [-0.2, -0.15) is 15.4 Å². The highest BCUT2D eigenvalue weighted by atomic mass is 16.3. The molecule has 2 aromatic carbocycles. The van der Waals surface area contributed by atoms with E-state index in [4.69, 9.17) is 0 Å². The van der Waals surface area contributed by atoms with E-state index < -0.39 is 5.60 Å². The smallest absolute Gasteiger partial charge is 0.124 e. The summed E-state index contributed by atoms with van der Waals surface area (Å²) < 4.78 is 0. The van der Waals surface area contributed by atoms with Crippen LogP contribution in [-0.4, -0.2) is 38.5 Å². The van der Waals surface area contributed by atoms with Gasteiger partial charge in [0, 0.05) is 19.6 Å². The summed E-state index contributed by atoms with van der Waals surface area (Å²) in [7, 11) is 0. The molecule has 0 spiro atoms. The molecule has 2 heterocycles. The van der Waals surface area contributed by atoms with Crippen molar-refractivity contribution in [3.8, 4) is 0 Å². The molecule has 0 aliphatic carbocycles. The highest BCUT2D eigenvalue weighted by Gasteiger charge is 2.39. The Morgan fingerprint density at radius 3 is 2.91 bits per heavy atom. The lowest BCUT2D eigenvalue weighted by atomic mass is 10.00. The summed E-state index contributed by atoms with van der Waals surface area (Å²) in [6.07, 6.45) is 2.30. The van der Waals surface area contributed by atoms with Crippen LogP contribution >= 0.6 is 0 Å². The lowest BCUT2D eigenvalue weighted by Gasteiger charge is -2.21. The van der Waals surface area contributed by atoms with Crippen molar-refractivity contribution in [3.05, 3.63) is 59.9 Å². The van der Waals surface area contributed by atoms with Crippen LogP contribution in [-0.2, 0) is 12.1 Å². The first-order chi connectivity index (χ1) is 10.7. The predicted molar refractivity (Wildman–Crippen MR) is 84.1 cm³/mol. The Hall–Kier alpha value is -2.24. The Labute approximate surface area is 128 Å². The minimum atomic E-state index is -0.891. The van der Waals surface area contributed by atoms with Gasteiger partial charge in [-0.25, -0.2) is 0 Å². The Bertz CT molecular complexity index is 781. The molecule has 5 heteroatoms. The number of aromatic amines is 1. The highest BCUT2D eigenvalue weighted by molar-refractivity contribution is 5.85. The molecular weight excluding hydrogens is 276 g/mol. The van der Waals surface area contributed by atoms with Gasteiger partial charge in [0.1, 0.15) is 11.3 Å². The predicted octanol–water partition coefficient (Wildman–Crippen LogP) is 2.05. The summed E-state index contributed by atoms with van der Waals surface area (Å²) in [4.78, 5) is 2.27. The van der Waals surface area contributed by atoms with Crippen LogP contribution in [0.3, 0.4) is 0 Å². The topological polar surface area (TPSA) is 65.0 Å². The number of hydrogen-bond donors (Lipinski definition) is 2. The van der Waals surface area contributed by atoms with Crippen molar-refractivity contribution in [3.63, 3.8) is 0 Å². The number of likely N-dealkylation sites (tertiary alicyclic amines) is 1. The number of H-pyrrole nitrogens is 1. The summed E-state index contributed by atoms with van der Waals surface area (Å²) in [5.74, 6) is 0. The average molecular weight is 294 g/mol. The SMILES string of the molecule is O[C@@]1(c2cn[nH]n2)CCN(Cc2cccc3ccccc23)C1. The molecule has 0 amide bonds. The summed E-state index contributed by atoms with van der Waals surface area (Å²) in [6.45, 7) is 2.27. The summed E-state index contributed by atoms with van der Waals surface area (Å²) in [5, 5.41) is 23.7. The number of benzene rings is 2. The third kappa shape index (κ3) is 2.28. The van der Waals surface area contributed by atoms with E-state index in [9.17, 15) is 5.11 Å². The standard InChI is InChI=1S/C17H18N4O/c22-17(16-10-18-20-19-16)8-9-21(12-17)11-14-6-3-5-13-4-1-2-7-15(13)14/h1-7,10,22H,8-9,11-12H2,(H,18,19,20)/t17-/m0/s1. The number of aliphatic hydroxyl groups is 1. The van der Waals surface area contributed by atoms with Crippen LogP contribution in [0, 0.1) is 0 Å². The van der Waals surface area contributed by atoms with E-state index in [1.54, 1.807) is 6.20 Å². The number of aromatic nitrogens is 3. The summed E-state index contributed by atoms with van der Waals surface area (Å²) in [5.41, 5.74) is 1.04. The molecule has 112 valence electrons. The van der Waals surface area contributed by atoms with Crippen LogP contribution in [0.5, 0.6) is 0 Å². The van der Waals surface area contributed by atoms with Crippen LogP contribution in [0.2, 0.25) is 0 Å². The molecule has 22 heavy (non-hydrogen) atoms. The average Bonchev–Trinajstić information content (AvgIpc) is 3.19. The molecule has 4 rings (SSSR count). The quantitative estimate of drug-likeness (QED) is 0.776. The third-order valence-corrected chi connectivity index (χ3v) is 4.49. The molecule has 0 radical (unpaired) electrons. The second-order valence-electron chi connectivity index (χ2n) is 5.99. The molecule has 1 atom stereocenters. The number of rotatable bonds is 3. The van der Waals surface area contributed by atoms with Gasteiger partial charge < -0.3 is 5.11 Å². The van der Waals surface area contributed by atoms with Crippen molar-refractivity contribution < 1.29 is 5.11 Å². The van der Waals surface area contributed by atoms with Gasteiger partial charge in [0.05, 0.1) is 6.20 Å². The normalized spacial score (nSPS) is 22.4. The molecule has 0 saturated carbocycles. The van der Waals surface area contributed by atoms with E-state index in [2.05, 4.69) is 62.8 Å². The molecule has 1 aliphatic rings. The zero-order valence-corrected chi connectivity index (χ0v) is 12.2. The van der Waals surface area contributed by atoms with Gasteiger partial charge in [0.15, 0.2) is 0 Å². The first kappa shape index (κ1) is 13.4.